The quantitative estimate of drug-likeness (QED) is 0.436. The van der Waals surface area contributed by atoms with Crippen LogP contribution in [-0.2, 0) is 6.54 Å². The van der Waals surface area contributed by atoms with Crippen molar-refractivity contribution in [3.63, 3.8) is 0 Å². The van der Waals surface area contributed by atoms with Gasteiger partial charge in [0, 0.05) is 25.7 Å². The largest absolute Gasteiger partial charge is 0.318 e. The first-order valence-corrected chi connectivity index (χ1v) is 7.62. The molecule has 1 aromatic carbocycles. The number of nitrogens with two attached hydrogens (primary N) is 1. The maximum absolute atomic E-state index is 11.1. The number of anilines is 1. The molecule has 6 nitrogen and oxygen atoms in total. The lowest BCUT2D eigenvalue weighted by atomic mass is 10.1. The minimum Gasteiger partial charge on any atom is -0.318 e. The van der Waals surface area contributed by atoms with Crippen molar-refractivity contribution in [1.29, 1.82) is 0 Å². The van der Waals surface area contributed by atoms with Gasteiger partial charge in [0.2, 0.25) is 0 Å². The molecule has 3 rings (SSSR count). The molecule has 2 saturated carbocycles. The summed E-state index contributed by atoms with van der Waals surface area (Å²) in [5.74, 6) is 7.15. The molecule has 114 valence electrons. The molecule has 0 unspecified atom stereocenters. The molecule has 0 bridgehead atoms. The van der Waals surface area contributed by atoms with E-state index in [0.29, 0.717) is 5.69 Å². The minimum absolute atomic E-state index is 0.0489. The van der Waals surface area contributed by atoms with Crippen LogP contribution in [0.1, 0.15) is 31.2 Å². The molecule has 0 aliphatic heterocycles. The molecule has 3 N–H and O–H groups in total. The SMILES string of the molecule is NNc1c(CN(CC2CC2)CC2CC2)cccc1[N+](=O)[O-]. The summed E-state index contributed by atoms with van der Waals surface area (Å²) in [6.45, 7) is 2.93. The van der Waals surface area contributed by atoms with Gasteiger partial charge >= 0.3 is 0 Å². The van der Waals surface area contributed by atoms with Crippen LogP contribution in [0.25, 0.3) is 0 Å². The third kappa shape index (κ3) is 3.71. The topological polar surface area (TPSA) is 84.4 Å². The van der Waals surface area contributed by atoms with Crippen LogP contribution in [0.2, 0.25) is 0 Å². The monoisotopic (exact) mass is 290 g/mol. The molecule has 0 atom stereocenters. The van der Waals surface area contributed by atoms with Crippen molar-refractivity contribution in [1.82, 2.24) is 4.90 Å². The molecule has 2 aliphatic carbocycles. The van der Waals surface area contributed by atoms with Crippen LogP contribution < -0.4 is 11.3 Å². The molecule has 0 amide bonds. The second-order valence-corrected chi connectivity index (χ2v) is 6.29. The zero-order valence-corrected chi connectivity index (χ0v) is 12.1. The summed E-state index contributed by atoms with van der Waals surface area (Å²) < 4.78 is 0. The second kappa shape index (κ2) is 5.99. The second-order valence-electron chi connectivity index (χ2n) is 6.29. The lowest BCUT2D eigenvalue weighted by molar-refractivity contribution is -0.384. The van der Waals surface area contributed by atoms with Gasteiger partial charge in [-0.2, -0.15) is 0 Å². The fourth-order valence-corrected chi connectivity index (χ4v) is 2.81. The van der Waals surface area contributed by atoms with E-state index in [-0.39, 0.29) is 10.6 Å². The van der Waals surface area contributed by atoms with Crippen molar-refractivity contribution in [2.75, 3.05) is 18.5 Å². The number of nitrogens with zero attached hydrogens (tertiary/aromatic N) is 2. The first-order valence-electron chi connectivity index (χ1n) is 7.62. The van der Waals surface area contributed by atoms with Gasteiger partial charge in [-0.05, 0) is 43.1 Å². The highest BCUT2D eigenvalue weighted by molar-refractivity contribution is 5.65. The van der Waals surface area contributed by atoms with Gasteiger partial charge < -0.3 is 5.43 Å². The zero-order valence-electron chi connectivity index (χ0n) is 12.1. The predicted octanol–water partition coefficient (Wildman–Crippen LogP) is 2.50. The number of nitrogens with one attached hydrogen (secondary N) is 1. The van der Waals surface area contributed by atoms with Gasteiger partial charge in [-0.3, -0.25) is 20.9 Å². The van der Waals surface area contributed by atoms with E-state index in [4.69, 9.17) is 5.84 Å². The predicted molar refractivity (Wildman–Crippen MR) is 81.6 cm³/mol. The highest BCUT2D eigenvalue weighted by Gasteiger charge is 2.30. The lowest BCUT2D eigenvalue weighted by Crippen LogP contribution is -2.28. The van der Waals surface area contributed by atoms with Crippen molar-refractivity contribution >= 4 is 11.4 Å². The van der Waals surface area contributed by atoms with E-state index in [0.717, 1.165) is 37.0 Å². The first-order chi connectivity index (χ1) is 10.2. The normalized spacial score (nSPS) is 18.0. The molecule has 6 heteroatoms. The highest BCUT2D eigenvalue weighted by atomic mass is 16.6. The van der Waals surface area contributed by atoms with Crippen LogP contribution in [-0.4, -0.2) is 22.9 Å². The van der Waals surface area contributed by atoms with Gasteiger partial charge in [0.1, 0.15) is 5.69 Å². The zero-order chi connectivity index (χ0) is 14.8. The molecule has 1 aromatic rings. The summed E-state index contributed by atoms with van der Waals surface area (Å²) in [6.07, 6.45) is 5.27. The van der Waals surface area contributed by atoms with Crippen LogP contribution in [0.5, 0.6) is 0 Å². The maximum Gasteiger partial charge on any atom is 0.293 e. The summed E-state index contributed by atoms with van der Waals surface area (Å²) in [5.41, 5.74) is 3.92. The molecular formula is C15H22N4O2. The third-order valence-electron chi connectivity index (χ3n) is 4.29. The van der Waals surface area contributed by atoms with E-state index >= 15 is 0 Å². The Morgan fingerprint density at radius 1 is 1.24 bits per heavy atom. The van der Waals surface area contributed by atoms with Gasteiger partial charge in [-0.1, -0.05) is 12.1 Å². The summed E-state index contributed by atoms with van der Waals surface area (Å²) in [4.78, 5) is 13.1. The van der Waals surface area contributed by atoms with E-state index in [1.165, 1.54) is 31.7 Å². The van der Waals surface area contributed by atoms with Crippen LogP contribution >= 0.6 is 0 Å². The Morgan fingerprint density at radius 2 is 1.86 bits per heavy atom. The Bertz CT molecular complexity index is 512. The van der Waals surface area contributed by atoms with Crippen molar-refractivity contribution < 1.29 is 4.92 Å². The van der Waals surface area contributed by atoms with Crippen molar-refractivity contribution in [2.24, 2.45) is 17.7 Å². The Labute approximate surface area is 124 Å². The van der Waals surface area contributed by atoms with Crippen molar-refractivity contribution in [3.05, 3.63) is 33.9 Å². The van der Waals surface area contributed by atoms with E-state index < -0.39 is 0 Å². The smallest absolute Gasteiger partial charge is 0.293 e. The molecule has 0 spiro atoms. The summed E-state index contributed by atoms with van der Waals surface area (Å²) in [5, 5.41) is 11.1. The van der Waals surface area contributed by atoms with E-state index in [2.05, 4.69) is 10.3 Å². The third-order valence-corrected chi connectivity index (χ3v) is 4.29. The Kier molecular flexibility index (Phi) is 4.07. The number of para-hydroxylation sites is 1. The van der Waals surface area contributed by atoms with Gasteiger partial charge in [0.05, 0.1) is 4.92 Å². The van der Waals surface area contributed by atoms with Crippen LogP contribution in [0, 0.1) is 22.0 Å². The van der Waals surface area contributed by atoms with Gasteiger partial charge in [-0.25, -0.2) is 0 Å². The summed E-state index contributed by atoms with van der Waals surface area (Å²) in [7, 11) is 0. The number of nitro groups is 1. The number of nitro benzene ring substituents is 1. The number of hydrazine groups is 1. The van der Waals surface area contributed by atoms with Crippen molar-refractivity contribution in [2.45, 2.75) is 32.2 Å². The molecule has 2 fully saturated rings. The Balaban J connectivity index is 1.76. The van der Waals surface area contributed by atoms with E-state index in [1.807, 2.05) is 6.07 Å². The number of hydrogen-bond acceptors (Lipinski definition) is 5. The highest BCUT2D eigenvalue weighted by Crippen LogP contribution is 2.35. The fraction of sp³-hybridized carbons (Fsp3) is 0.600. The molecule has 0 aromatic heterocycles. The number of rotatable bonds is 8. The van der Waals surface area contributed by atoms with Gasteiger partial charge in [0.15, 0.2) is 0 Å². The molecule has 0 saturated heterocycles. The minimum atomic E-state index is -0.384. The number of nitrogen functional groups attached to an aromatic ring is 1. The Morgan fingerprint density at radius 3 is 2.33 bits per heavy atom. The molecule has 0 radical (unpaired) electrons. The Hall–Kier alpha value is -1.66. The van der Waals surface area contributed by atoms with Gasteiger partial charge in [0.25, 0.3) is 5.69 Å². The van der Waals surface area contributed by atoms with Gasteiger partial charge in [-0.15, -0.1) is 0 Å². The molecular weight excluding hydrogens is 268 g/mol. The molecule has 0 heterocycles. The number of benzene rings is 1. The molecule has 2 aliphatic rings. The average Bonchev–Trinajstić information content (AvgIpc) is 3.34. The summed E-state index contributed by atoms with van der Waals surface area (Å²) in [6, 6.07) is 5.15. The van der Waals surface area contributed by atoms with Crippen LogP contribution in [0.4, 0.5) is 11.4 Å². The van der Waals surface area contributed by atoms with E-state index in [1.54, 1.807) is 6.07 Å². The average molecular weight is 290 g/mol. The lowest BCUT2D eigenvalue weighted by Gasteiger charge is -2.23. The summed E-state index contributed by atoms with van der Waals surface area (Å²) >= 11 is 0. The number of hydrogen-bond donors (Lipinski definition) is 2. The van der Waals surface area contributed by atoms with Crippen molar-refractivity contribution in [3.8, 4) is 0 Å². The van der Waals surface area contributed by atoms with E-state index in [9.17, 15) is 10.1 Å². The fourth-order valence-electron chi connectivity index (χ4n) is 2.81. The first kappa shape index (κ1) is 14.3. The standard InChI is InChI=1S/C15H22N4O2/c16-17-15-13(2-1-3-14(15)19(20)21)10-18(8-11-4-5-11)9-12-6-7-12/h1-3,11-12,17H,4-10,16H2. The van der Waals surface area contributed by atoms with Crippen LogP contribution in [0.15, 0.2) is 18.2 Å². The molecule has 21 heavy (non-hydrogen) atoms. The van der Waals surface area contributed by atoms with Crippen LogP contribution in [0.3, 0.4) is 0 Å². The maximum atomic E-state index is 11.1.